The summed E-state index contributed by atoms with van der Waals surface area (Å²) in [7, 11) is 0. The molecule has 2 rings (SSSR count). The number of rotatable bonds is 10. The summed E-state index contributed by atoms with van der Waals surface area (Å²) in [5.41, 5.74) is 0.126. The molecule has 1 fully saturated rings. The summed E-state index contributed by atoms with van der Waals surface area (Å²) in [6.45, 7) is 5.68. The molecule has 0 heterocycles. The van der Waals surface area contributed by atoms with E-state index in [9.17, 15) is 0 Å². The number of para-hydroxylation sites is 1. The standard InChI is InChI=1S/C17H27NO2/c1-2-12-18-13-11-17(9-6-10-17)20-15-14-19-16-7-4-3-5-8-16/h3-5,7-8,18H,2,6,9-15H2,1H3. The lowest BCUT2D eigenvalue weighted by atomic mass is 9.77. The molecule has 3 nitrogen and oxygen atoms in total. The molecule has 1 N–H and O–H groups in total. The fourth-order valence-corrected chi connectivity index (χ4v) is 2.59. The average molecular weight is 277 g/mol. The Morgan fingerprint density at radius 2 is 1.90 bits per heavy atom. The van der Waals surface area contributed by atoms with Gasteiger partial charge in [0.25, 0.3) is 0 Å². The molecule has 0 unspecified atom stereocenters. The molecule has 20 heavy (non-hydrogen) atoms. The SMILES string of the molecule is CCCNCCC1(OCCOc2ccccc2)CCC1. The minimum atomic E-state index is 0.126. The Morgan fingerprint density at radius 3 is 2.55 bits per heavy atom. The van der Waals surface area contributed by atoms with Crippen molar-refractivity contribution in [3.05, 3.63) is 30.3 Å². The quantitative estimate of drug-likeness (QED) is 0.665. The Kier molecular flexibility index (Phi) is 6.34. The third kappa shape index (κ3) is 4.80. The topological polar surface area (TPSA) is 30.5 Å². The fraction of sp³-hybridized carbons (Fsp3) is 0.647. The second-order valence-electron chi connectivity index (χ2n) is 5.55. The first kappa shape index (κ1) is 15.3. The zero-order chi connectivity index (χ0) is 14.1. The van der Waals surface area contributed by atoms with Gasteiger partial charge in [-0.2, -0.15) is 0 Å². The van der Waals surface area contributed by atoms with Crippen molar-refractivity contribution in [1.29, 1.82) is 0 Å². The van der Waals surface area contributed by atoms with Crippen molar-refractivity contribution in [2.24, 2.45) is 0 Å². The number of nitrogens with one attached hydrogen (secondary N) is 1. The maximum atomic E-state index is 6.10. The molecule has 0 atom stereocenters. The van der Waals surface area contributed by atoms with E-state index in [0.29, 0.717) is 13.2 Å². The van der Waals surface area contributed by atoms with E-state index in [4.69, 9.17) is 9.47 Å². The van der Waals surface area contributed by atoms with E-state index >= 15 is 0 Å². The average Bonchev–Trinajstić information content (AvgIpc) is 2.45. The van der Waals surface area contributed by atoms with Crippen LogP contribution in [0.5, 0.6) is 5.75 Å². The van der Waals surface area contributed by atoms with Crippen LogP contribution in [-0.2, 0) is 4.74 Å². The van der Waals surface area contributed by atoms with Gasteiger partial charge in [-0.1, -0.05) is 25.1 Å². The van der Waals surface area contributed by atoms with E-state index in [1.54, 1.807) is 0 Å². The molecule has 0 bridgehead atoms. The van der Waals surface area contributed by atoms with Gasteiger partial charge in [-0.05, 0) is 57.3 Å². The summed E-state index contributed by atoms with van der Waals surface area (Å²) in [5.74, 6) is 0.920. The Labute approximate surface area is 122 Å². The van der Waals surface area contributed by atoms with Gasteiger partial charge in [-0.25, -0.2) is 0 Å². The number of ether oxygens (including phenoxy) is 2. The molecular formula is C17H27NO2. The molecule has 3 heteroatoms. The van der Waals surface area contributed by atoms with Crippen molar-refractivity contribution in [3.8, 4) is 5.75 Å². The largest absolute Gasteiger partial charge is 0.491 e. The molecule has 0 aromatic heterocycles. The molecule has 0 amide bonds. The van der Waals surface area contributed by atoms with Gasteiger partial charge in [0.1, 0.15) is 12.4 Å². The summed E-state index contributed by atoms with van der Waals surface area (Å²) in [6.07, 6.45) is 6.02. The van der Waals surface area contributed by atoms with Gasteiger partial charge < -0.3 is 14.8 Å². The Hall–Kier alpha value is -1.06. The summed E-state index contributed by atoms with van der Waals surface area (Å²) in [4.78, 5) is 0. The van der Waals surface area contributed by atoms with Gasteiger partial charge in [0.15, 0.2) is 0 Å². The normalized spacial score (nSPS) is 16.6. The van der Waals surface area contributed by atoms with Gasteiger partial charge in [-0.15, -0.1) is 0 Å². The molecule has 1 aromatic carbocycles. The monoisotopic (exact) mass is 277 g/mol. The first-order valence-electron chi connectivity index (χ1n) is 7.87. The van der Waals surface area contributed by atoms with Gasteiger partial charge in [0.2, 0.25) is 0 Å². The predicted octanol–water partition coefficient (Wildman–Crippen LogP) is 3.39. The first-order chi connectivity index (χ1) is 9.85. The summed E-state index contributed by atoms with van der Waals surface area (Å²) in [6, 6.07) is 9.93. The highest BCUT2D eigenvalue weighted by molar-refractivity contribution is 5.20. The molecule has 0 radical (unpaired) electrons. The predicted molar refractivity (Wildman–Crippen MR) is 82.2 cm³/mol. The minimum absolute atomic E-state index is 0.126. The number of hydrogen-bond acceptors (Lipinski definition) is 3. The van der Waals surface area contributed by atoms with Gasteiger partial charge in [0, 0.05) is 0 Å². The highest BCUT2D eigenvalue weighted by Gasteiger charge is 2.37. The van der Waals surface area contributed by atoms with E-state index < -0.39 is 0 Å². The highest BCUT2D eigenvalue weighted by Crippen LogP contribution is 2.38. The highest BCUT2D eigenvalue weighted by atomic mass is 16.5. The molecule has 0 saturated heterocycles. The van der Waals surface area contributed by atoms with E-state index in [-0.39, 0.29) is 5.60 Å². The number of hydrogen-bond donors (Lipinski definition) is 1. The summed E-state index contributed by atoms with van der Waals surface area (Å²) >= 11 is 0. The van der Waals surface area contributed by atoms with Crippen LogP contribution in [-0.4, -0.2) is 31.9 Å². The maximum Gasteiger partial charge on any atom is 0.119 e. The second-order valence-corrected chi connectivity index (χ2v) is 5.55. The van der Waals surface area contributed by atoms with Gasteiger partial charge >= 0.3 is 0 Å². The lowest BCUT2D eigenvalue weighted by Crippen LogP contribution is -2.43. The zero-order valence-corrected chi connectivity index (χ0v) is 12.6. The smallest absolute Gasteiger partial charge is 0.119 e. The molecule has 0 aliphatic heterocycles. The number of benzene rings is 1. The second kappa shape index (κ2) is 8.28. The van der Waals surface area contributed by atoms with Gasteiger partial charge in [-0.3, -0.25) is 0 Å². The molecule has 112 valence electrons. The van der Waals surface area contributed by atoms with E-state index in [0.717, 1.165) is 25.3 Å². The first-order valence-corrected chi connectivity index (χ1v) is 7.87. The van der Waals surface area contributed by atoms with Crippen LogP contribution < -0.4 is 10.1 Å². The van der Waals surface area contributed by atoms with Crippen LogP contribution in [0.2, 0.25) is 0 Å². The molecule has 1 aliphatic rings. The maximum absolute atomic E-state index is 6.10. The van der Waals surface area contributed by atoms with Crippen LogP contribution in [0.1, 0.15) is 39.0 Å². The lowest BCUT2D eigenvalue weighted by molar-refractivity contribution is -0.110. The van der Waals surface area contributed by atoms with Crippen LogP contribution in [0, 0.1) is 0 Å². The van der Waals surface area contributed by atoms with Crippen LogP contribution in [0.3, 0.4) is 0 Å². The Morgan fingerprint density at radius 1 is 1.10 bits per heavy atom. The van der Waals surface area contributed by atoms with Crippen molar-refractivity contribution in [3.63, 3.8) is 0 Å². The van der Waals surface area contributed by atoms with E-state index in [2.05, 4.69) is 12.2 Å². The van der Waals surface area contributed by atoms with E-state index in [1.807, 2.05) is 30.3 Å². The molecule has 1 saturated carbocycles. The Bertz CT molecular complexity index is 363. The van der Waals surface area contributed by atoms with Crippen LogP contribution >= 0.6 is 0 Å². The lowest BCUT2D eigenvalue weighted by Gasteiger charge is -2.42. The van der Waals surface area contributed by atoms with Crippen LogP contribution in [0.25, 0.3) is 0 Å². The van der Waals surface area contributed by atoms with Crippen molar-refractivity contribution in [2.75, 3.05) is 26.3 Å². The molecule has 1 aliphatic carbocycles. The summed E-state index contributed by atoms with van der Waals surface area (Å²) in [5, 5.41) is 3.46. The molecule has 1 aromatic rings. The van der Waals surface area contributed by atoms with Crippen molar-refractivity contribution >= 4 is 0 Å². The molecular weight excluding hydrogens is 250 g/mol. The fourth-order valence-electron chi connectivity index (χ4n) is 2.59. The third-order valence-corrected chi connectivity index (χ3v) is 3.95. The third-order valence-electron chi connectivity index (χ3n) is 3.95. The Balaban J connectivity index is 1.61. The zero-order valence-electron chi connectivity index (χ0n) is 12.6. The van der Waals surface area contributed by atoms with E-state index in [1.165, 1.54) is 25.7 Å². The van der Waals surface area contributed by atoms with Crippen LogP contribution in [0.15, 0.2) is 30.3 Å². The molecule has 0 spiro atoms. The minimum Gasteiger partial charge on any atom is -0.491 e. The van der Waals surface area contributed by atoms with Crippen molar-refractivity contribution < 1.29 is 9.47 Å². The van der Waals surface area contributed by atoms with Crippen molar-refractivity contribution in [1.82, 2.24) is 5.32 Å². The summed E-state index contributed by atoms with van der Waals surface area (Å²) < 4.78 is 11.8. The van der Waals surface area contributed by atoms with Gasteiger partial charge in [0.05, 0.1) is 12.2 Å². The van der Waals surface area contributed by atoms with Crippen molar-refractivity contribution in [2.45, 2.75) is 44.6 Å². The van der Waals surface area contributed by atoms with Crippen LogP contribution in [0.4, 0.5) is 0 Å².